The molecule has 0 spiro atoms. The monoisotopic (exact) mass is 502 g/mol. The molecule has 0 bridgehead atoms. The summed E-state index contributed by atoms with van der Waals surface area (Å²) in [6.07, 6.45) is 30.3. The van der Waals surface area contributed by atoms with Gasteiger partial charge in [-0.15, -0.1) is 0 Å². The Morgan fingerprint density at radius 1 is 0.676 bits per heavy atom. The standard InChI is InChI=1S/C29H60NO3P/c1-6-8-9-10-11-12-13-14-15-16-17-18-19-20-21-22-23-24-25-26-27-28-33-34(31,32)29(7-2)30(3,4)5/h16-17,29H,6-15,18-28H2,1-5H3/p+1. The molecule has 5 heteroatoms. The maximum absolute atomic E-state index is 12.5. The van der Waals surface area contributed by atoms with Crippen LogP contribution in [0.1, 0.15) is 142 Å². The van der Waals surface area contributed by atoms with Crippen LogP contribution in [-0.2, 0) is 9.09 Å². The summed E-state index contributed by atoms with van der Waals surface area (Å²) in [7, 11) is 2.31. The maximum atomic E-state index is 12.5. The zero-order valence-electron chi connectivity index (χ0n) is 23.7. The zero-order chi connectivity index (χ0) is 25.5. The molecule has 0 radical (unpaired) electrons. The first-order valence-electron chi connectivity index (χ1n) is 14.7. The van der Waals surface area contributed by atoms with E-state index in [0.717, 1.165) is 12.8 Å². The van der Waals surface area contributed by atoms with E-state index in [-0.39, 0.29) is 5.78 Å². The minimum atomic E-state index is -3.55. The molecule has 0 saturated heterocycles. The molecule has 2 atom stereocenters. The number of hydrogen-bond acceptors (Lipinski definition) is 2. The maximum Gasteiger partial charge on any atom is 0.385 e. The molecule has 0 aromatic heterocycles. The first kappa shape index (κ1) is 33.8. The van der Waals surface area contributed by atoms with Crippen molar-refractivity contribution in [3.63, 3.8) is 0 Å². The fourth-order valence-electron chi connectivity index (χ4n) is 4.73. The van der Waals surface area contributed by atoms with E-state index < -0.39 is 7.60 Å². The Morgan fingerprint density at radius 2 is 1.06 bits per heavy atom. The normalized spacial score (nSPS) is 15.1. The van der Waals surface area contributed by atoms with Crippen LogP contribution in [0.4, 0.5) is 0 Å². The van der Waals surface area contributed by atoms with Crippen molar-refractivity contribution in [1.82, 2.24) is 0 Å². The third-order valence-corrected chi connectivity index (χ3v) is 9.18. The molecular weight excluding hydrogens is 441 g/mol. The molecule has 0 rings (SSSR count). The van der Waals surface area contributed by atoms with Gasteiger partial charge in [0.05, 0.1) is 27.7 Å². The molecule has 0 aromatic rings. The highest BCUT2D eigenvalue weighted by atomic mass is 31.2. The van der Waals surface area contributed by atoms with Gasteiger partial charge in [0.2, 0.25) is 0 Å². The second-order valence-corrected chi connectivity index (χ2v) is 13.1. The highest BCUT2D eigenvalue weighted by Crippen LogP contribution is 2.51. The topological polar surface area (TPSA) is 46.5 Å². The van der Waals surface area contributed by atoms with Crippen LogP contribution in [0.2, 0.25) is 0 Å². The minimum Gasteiger partial charge on any atom is -0.320 e. The van der Waals surface area contributed by atoms with E-state index in [9.17, 15) is 9.46 Å². The van der Waals surface area contributed by atoms with Crippen molar-refractivity contribution in [1.29, 1.82) is 0 Å². The third kappa shape index (κ3) is 20.1. The van der Waals surface area contributed by atoms with Crippen molar-refractivity contribution in [3.8, 4) is 0 Å². The van der Waals surface area contributed by atoms with Gasteiger partial charge in [-0.3, -0.25) is 4.57 Å². The number of rotatable bonds is 25. The molecule has 0 saturated carbocycles. The molecule has 0 aliphatic heterocycles. The van der Waals surface area contributed by atoms with Crippen LogP contribution in [0, 0.1) is 0 Å². The lowest BCUT2D eigenvalue weighted by Gasteiger charge is -2.35. The molecule has 0 aromatic carbocycles. The Hall–Kier alpha value is -0.150. The van der Waals surface area contributed by atoms with Crippen LogP contribution in [-0.4, -0.2) is 42.9 Å². The van der Waals surface area contributed by atoms with Gasteiger partial charge < -0.3 is 13.9 Å². The fourth-order valence-corrected chi connectivity index (χ4v) is 6.63. The molecule has 4 nitrogen and oxygen atoms in total. The third-order valence-electron chi connectivity index (χ3n) is 6.82. The van der Waals surface area contributed by atoms with Crippen LogP contribution < -0.4 is 0 Å². The molecule has 0 aliphatic carbocycles. The van der Waals surface area contributed by atoms with E-state index in [0.29, 0.717) is 17.5 Å². The second-order valence-electron chi connectivity index (χ2n) is 11.1. The SMILES string of the molecule is CCCCCCCCCCC=CCCCCCCCCCCCOP(=O)(O)C(CC)[N+](C)(C)C. The highest BCUT2D eigenvalue weighted by Gasteiger charge is 2.41. The lowest BCUT2D eigenvalue weighted by Crippen LogP contribution is -2.44. The van der Waals surface area contributed by atoms with Gasteiger partial charge >= 0.3 is 7.60 Å². The van der Waals surface area contributed by atoms with Crippen LogP contribution >= 0.6 is 7.60 Å². The van der Waals surface area contributed by atoms with Gasteiger partial charge in [-0.25, -0.2) is 0 Å². The van der Waals surface area contributed by atoms with Crippen molar-refractivity contribution in [2.75, 3.05) is 27.7 Å². The molecule has 0 amide bonds. The Kier molecular flexibility index (Phi) is 22.0. The van der Waals surface area contributed by atoms with Crippen molar-refractivity contribution in [3.05, 3.63) is 12.2 Å². The Balaban J connectivity index is 3.41. The average molecular weight is 503 g/mol. The molecule has 204 valence electrons. The molecule has 0 aliphatic rings. The van der Waals surface area contributed by atoms with Crippen molar-refractivity contribution in [2.24, 2.45) is 0 Å². The quantitative estimate of drug-likeness (QED) is 0.0585. The Bertz CT molecular complexity index is 516. The summed E-state index contributed by atoms with van der Waals surface area (Å²) in [4.78, 5) is 10.3. The van der Waals surface area contributed by atoms with E-state index in [1.807, 2.05) is 28.1 Å². The van der Waals surface area contributed by atoms with Crippen molar-refractivity contribution >= 4 is 7.60 Å². The van der Waals surface area contributed by atoms with E-state index >= 15 is 0 Å². The lowest BCUT2D eigenvalue weighted by atomic mass is 10.1. The number of quaternary nitrogens is 1. The fraction of sp³-hybridized carbons (Fsp3) is 0.931. The van der Waals surface area contributed by atoms with Gasteiger partial charge in [-0.1, -0.05) is 116 Å². The summed E-state index contributed by atoms with van der Waals surface area (Å²) < 4.78 is 18.4. The predicted molar refractivity (Wildman–Crippen MR) is 150 cm³/mol. The van der Waals surface area contributed by atoms with E-state index in [1.54, 1.807) is 0 Å². The van der Waals surface area contributed by atoms with Gasteiger partial charge in [-0.2, -0.15) is 0 Å². The van der Waals surface area contributed by atoms with Gasteiger partial charge in [0, 0.05) is 6.42 Å². The number of unbranched alkanes of at least 4 members (excludes halogenated alkanes) is 17. The molecule has 34 heavy (non-hydrogen) atoms. The Morgan fingerprint density at radius 3 is 1.44 bits per heavy atom. The summed E-state index contributed by atoms with van der Waals surface area (Å²) in [5.41, 5.74) is 0. The average Bonchev–Trinajstić information content (AvgIpc) is 2.76. The molecular formula is C29H61NO3P+. The highest BCUT2D eigenvalue weighted by molar-refractivity contribution is 7.53. The van der Waals surface area contributed by atoms with E-state index in [2.05, 4.69) is 19.1 Å². The summed E-state index contributed by atoms with van der Waals surface area (Å²) in [5, 5.41) is 0. The first-order chi connectivity index (χ1) is 16.3. The smallest absolute Gasteiger partial charge is 0.320 e. The zero-order valence-corrected chi connectivity index (χ0v) is 24.6. The number of hydrogen-bond donors (Lipinski definition) is 1. The van der Waals surface area contributed by atoms with Crippen LogP contribution in [0.15, 0.2) is 12.2 Å². The van der Waals surface area contributed by atoms with Gasteiger partial charge in [0.25, 0.3) is 0 Å². The minimum absolute atomic E-state index is 0.349. The Labute approximate surface area is 214 Å². The summed E-state index contributed by atoms with van der Waals surface area (Å²) in [6.45, 7) is 4.64. The summed E-state index contributed by atoms with van der Waals surface area (Å²) >= 11 is 0. The van der Waals surface area contributed by atoms with Crippen molar-refractivity contribution < 1.29 is 18.5 Å². The van der Waals surface area contributed by atoms with Crippen molar-refractivity contribution in [2.45, 2.75) is 148 Å². The summed E-state index contributed by atoms with van der Waals surface area (Å²) in [6, 6.07) is 0. The van der Waals surface area contributed by atoms with Crippen LogP contribution in [0.3, 0.4) is 0 Å². The largest absolute Gasteiger partial charge is 0.385 e. The van der Waals surface area contributed by atoms with E-state index in [1.165, 1.54) is 109 Å². The van der Waals surface area contributed by atoms with E-state index in [4.69, 9.17) is 4.52 Å². The molecule has 2 unspecified atom stereocenters. The lowest BCUT2D eigenvalue weighted by molar-refractivity contribution is -0.883. The van der Waals surface area contributed by atoms with Crippen LogP contribution in [0.25, 0.3) is 0 Å². The van der Waals surface area contributed by atoms with Crippen LogP contribution in [0.5, 0.6) is 0 Å². The number of nitrogens with zero attached hydrogens (tertiary/aromatic N) is 1. The second kappa shape index (κ2) is 22.1. The van der Waals surface area contributed by atoms with Gasteiger partial charge in [-0.05, 0) is 32.1 Å². The predicted octanol–water partition coefficient (Wildman–Crippen LogP) is 9.62. The molecule has 1 N–H and O–H groups in total. The molecule has 0 heterocycles. The molecule has 0 fully saturated rings. The number of allylic oxidation sites excluding steroid dienone is 2. The van der Waals surface area contributed by atoms with Gasteiger partial charge in [0.1, 0.15) is 0 Å². The first-order valence-corrected chi connectivity index (χ1v) is 16.3. The summed E-state index contributed by atoms with van der Waals surface area (Å²) in [5.74, 6) is -0.349. The van der Waals surface area contributed by atoms with Gasteiger partial charge in [0.15, 0.2) is 5.78 Å².